The summed E-state index contributed by atoms with van der Waals surface area (Å²) in [5, 5.41) is 13.3. The number of nitrogens with one attached hydrogen (secondary N) is 1. The van der Waals surface area contributed by atoms with E-state index in [1.807, 2.05) is 25.1 Å². The first-order valence-corrected chi connectivity index (χ1v) is 7.44. The highest BCUT2D eigenvalue weighted by Crippen LogP contribution is 2.52. The van der Waals surface area contributed by atoms with Crippen LogP contribution in [0.1, 0.15) is 30.1 Å². The van der Waals surface area contributed by atoms with Crippen molar-refractivity contribution in [1.82, 2.24) is 5.32 Å². The number of rotatable bonds is 4. The number of aliphatic hydroxyl groups excluding tert-OH is 1. The van der Waals surface area contributed by atoms with E-state index in [2.05, 4.69) is 11.9 Å². The van der Waals surface area contributed by atoms with E-state index in [1.165, 1.54) is 0 Å². The first kappa shape index (κ1) is 14.3. The molecule has 1 aliphatic carbocycles. The van der Waals surface area contributed by atoms with Crippen molar-refractivity contribution in [3.8, 4) is 0 Å². The van der Waals surface area contributed by atoms with Gasteiger partial charge in [0.2, 0.25) is 0 Å². The number of carbonyl (C=O) groups is 1. The molecule has 1 saturated heterocycles. The molecule has 4 heteroatoms. The van der Waals surface area contributed by atoms with Gasteiger partial charge in [0.1, 0.15) is 0 Å². The molecule has 1 aromatic carbocycles. The van der Waals surface area contributed by atoms with Crippen LogP contribution < -0.4 is 5.32 Å². The Kier molecular flexibility index (Phi) is 3.59. The summed E-state index contributed by atoms with van der Waals surface area (Å²) in [5.41, 5.74) is 1.17. The Morgan fingerprint density at radius 1 is 1.48 bits per heavy atom. The van der Waals surface area contributed by atoms with Crippen molar-refractivity contribution >= 4 is 5.91 Å². The van der Waals surface area contributed by atoms with Crippen LogP contribution >= 0.6 is 0 Å². The van der Waals surface area contributed by atoms with Crippen LogP contribution in [0, 0.1) is 5.92 Å². The number of fused-ring (bicyclic) bond motifs is 2. The van der Waals surface area contributed by atoms with Gasteiger partial charge in [-0.3, -0.25) is 4.79 Å². The molecule has 2 bridgehead atoms. The van der Waals surface area contributed by atoms with Crippen LogP contribution in [0.4, 0.5) is 0 Å². The number of amides is 1. The Hall–Kier alpha value is -1.65. The number of carbonyl (C=O) groups excluding carboxylic acids is 1. The summed E-state index contributed by atoms with van der Waals surface area (Å²) in [6.45, 7) is 6.48. The Bertz CT molecular complexity index is 556. The summed E-state index contributed by atoms with van der Waals surface area (Å²) in [6, 6.07) is 9.10. The number of benzene rings is 1. The van der Waals surface area contributed by atoms with Gasteiger partial charge >= 0.3 is 0 Å². The molecule has 2 N–H and O–H groups in total. The van der Waals surface area contributed by atoms with E-state index in [9.17, 15) is 9.90 Å². The molecular formula is C17H21NO3. The summed E-state index contributed by atoms with van der Waals surface area (Å²) in [4.78, 5) is 12.1. The van der Waals surface area contributed by atoms with Gasteiger partial charge in [0.05, 0.1) is 17.8 Å². The van der Waals surface area contributed by atoms with Crippen LogP contribution in [0.25, 0.3) is 0 Å². The lowest BCUT2D eigenvalue weighted by Crippen LogP contribution is -2.40. The normalized spacial score (nSPS) is 34.2. The third-order valence-corrected chi connectivity index (χ3v) is 4.76. The van der Waals surface area contributed by atoms with Crippen molar-refractivity contribution in [3.63, 3.8) is 0 Å². The predicted octanol–water partition coefficient (Wildman–Crippen LogP) is 1.90. The molecule has 4 nitrogen and oxygen atoms in total. The topological polar surface area (TPSA) is 58.6 Å². The average molecular weight is 287 g/mol. The second-order valence-electron chi connectivity index (χ2n) is 5.96. The molecule has 4 atom stereocenters. The predicted molar refractivity (Wildman–Crippen MR) is 79.9 cm³/mol. The zero-order chi connectivity index (χ0) is 15.0. The van der Waals surface area contributed by atoms with Crippen molar-refractivity contribution in [2.45, 2.75) is 37.6 Å². The highest BCUT2D eigenvalue weighted by molar-refractivity contribution is 5.94. The first-order valence-electron chi connectivity index (χ1n) is 7.44. The van der Waals surface area contributed by atoms with Crippen LogP contribution in [0.3, 0.4) is 0 Å². The van der Waals surface area contributed by atoms with E-state index in [-0.39, 0.29) is 17.9 Å². The average Bonchev–Trinajstić information content (AvgIpc) is 2.92. The highest BCUT2D eigenvalue weighted by Gasteiger charge is 2.59. The molecular weight excluding hydrogens is 266 g/mol. The van der Waals surface area contributed by atoms with E-state index in [0.29, 0.717) is 12.1 Å². The number of aliphatic hydroxyl groups is 1. The van der Waals surface area contributed by atoms with E-state index < -0.39 is 11.7 Å². The SMILES string of the molecule is C=C1C[C@]2(CC)O[C@@H](CNC(=O)c3ccccc3)[C@H]1[C@@H]2O. The Labute approximate surface area is 124 Å². The molecule has 1 aliphatic heterocycles. The summed E-state index contributed by atoms with van der Waals surface area (Å²) in [6.07, 6.45) is 0.785. The fourth-order valence-electron chi connectivity index (χ4n) is 3.58. The number of hydrogen-bond donors (Lipinski definition) is 2. The minimum absolute atomic E-state index is 0.0685. The van der Waals surface area contributed by atoms with Crippen molar-refractivity contribution in [3.05, 3.63) is 48.0 Å². The molecule has 2 fully saturated rings. The molecule has 1 amide bonds. The maximum absolute atomic E-state index is 12.1. The lowest BCUT2D eigenvalue weighted by molar-refractivity contribution is -0.0837. The zero-order valence-corrected chi connectivity index (χ0v) is 12.2. The molecule has 21 heavy (non-hydrogen) atoms. The molecule has 3 rings (SSSR count). The lowest BCUT2D eigenvalue weighted by Gasteiger charge is -2.31. The van der Waals surface area contributed by atoms with Gasteiger partial charge in [-0.1, -0.05) is 37.3 Å². The van der Waals surface area contributed by atoms with Crippen molar-refractivity contribution in [2.75, 3.05) is 6.54 Å². The smallest absolute Gasteiger partial charge is 0.251 e. The minimum atomic E-state index is -0.506. The number of ether oxygens (including phenoxy) is 1. The minimum Gasteiger partial charge on any atom is -0.389 e. The molecule has 1 saturated carbocycles. The fourth-order valence-corrected chi connectivity index (χ4v) is 3.58. The monoisotopic (exact) mass is 287 g/mol. The van der Waals surface area contributed by atoms with Crippen LogP contribution in [-0.4, -0.2) is 35.4 Å². The summed E-state index contributed by atoms with van der Waals surface area (Å²) >= 11 is 0. The summed E-state index contributed by atoms with van der Waals surface area (Å²) < 4.78 is 6.04. The van der Waals surface area contributed by atoms with Crippen LogP contribution in [0.2, 0.25) is 0 Å². The van der Waals surface area contributed by atoms with Gasteiger partial charge in [-0.05, 0) is 18.6 Å². The van der Waals surface area contributed by atoms with Gasteiger partial charge < -0.3 is 15.2 Å². The van der Waals surface area contributed by atoms with Gasteiger partial charge in [0.15, 0.2) is 0 Å². The molecule has 112 valence electrons. The van der Waals surface area contributed by atoms with Crippen molar-refractivity contribution < 1.29 is 14.6 Å². The maximum atomic E-state index is 12.1. The quantitative estimate of drug-likeness (QED) is 0.832. The molecule has 0 aromatic heterocycles. The molecule has 1 heterocycles. The molecule has 0 unspecified atom stereocenters. The van der Waals surface area contributed by atoms with E-state index >= 15 is 0 Å². The van der Waals surface area contributed by atoms with Gasteiger partial charge in [-0.15, -0.1) is 0 Å². The Morgan fingerprint density at radius 2 is 2.19 bits per heavy atom. The third kappa shape index (κ3) is 2.28. The molecule has 1 aromatic rings. The third-order valence-electron chi connectivity index (χ3n) is 4.76. The zero-order valence-electron chi connectivity index (χ0n) is 12.2. The van der Waals surface area contributed by atoms with Crippen LogP contribution in [0.5, 0.6) is 0 Å². The maximum Gasteiger partial charge on any atom is 0.251 e. The Balaban J connectivity index is 1.65. The number of hydrogen-bond acceptors (Lipinski definition) is 3. The molecule has 0 spiro atoms. The van der Waals surface area contributed by atoms with E-state index in [1.54, 1.807) is 12.1 Å². The first-order chi connectivity index (χ1) is 10.1. The largest absolute Gasteiger partial charge is 0.389 e. The van der Waals surface area contributed by atoms with Gasteiger partial charge in [-0.2, -0.15) is 0 Å². The van der Waals surface area contributed by atoms with E-state index in [4.69, 9.17) is 4.74 Å². The van der Waals surface area contributed by atoms with Gasteiger partial charge in [0, 0.05) is 24.4 Å². The van der Waals surface area contributed by atoms with Gasteiger partial charge in [-0.25, -0.2) is 0 Å². The second-order valence-corrected chi connectivity index (χ2v) is 5.96. The lowest BCUT2D eigenvalue weighted by atomic mass is 9.95. The van der Waals surface area contributed by atoms with Crippen LogP contribution in [-0.2, 0) is 4.74 Å². The van der Waals surface area contributed by atoms with E-state index in [0.717, 1.165) is 18.4 Å². The van der Waals surface area contributed by atoms with Crippen LogP contribution in [0.15, 0.2) is 42.5 Å². The highest BCUT2D eigenvalue weighted by atomic mass is 16.5. The van der Waals surface area contributed by atoms with Gasteiger partial charge in [0.25, 0.3) is 5.91 Å². The second kappa shape index (κ2) is 5.28. The standard InChI is InChI=1S/C17H21NO3/c1-3-17-9-11(2)14(15(17)19)13(21-17)10-18-16(20)12-7-5-4-6-8-12/h4-8,13-15,19H,2-3,9-10H2,1H3,(H,18,20)/t13-,14-,15-,17-/m0/s1. The fraction of sp³-hybridized carbons (Fsp3) is 0.471. The molecule has 0 radical (unpaired) electrons. The molecule has 2 aliphatic rings. The summed E-state index contributed by atoms with van der Waals surface area (Å²) in [5.74, 6) is -0.186. The Morgan fingerprint density at radius 3 is 2.81 bits per heavy atom. The van der Waals surface area contributed by atoms with Crippen molar-refractivity contribution in [1.29, 1.82) is 0 Å². The van der Waals surface area contributed by atoms with Crippen molar-refractivity contribution in [2.24, 2.45) is 5.92 Å². The summed E-state index contributed by atoms with van der Waals surface area (Å²) in [7, 11) is 0.